The van der Waals surface area contributed by atoms with E-state index in [2.05, 4.69) is 34.5 Å². The van der Waals surface area contributed by atoms with Gasteiger partial charge in [-0.25, -0.2) is 9.59 Å². The number of rotatable bonds is 6. The number of aliphatic carboxylic acids is 2. The number of piperidine rings is 2. The molecule has 0 aliphatic carbocycles. The molecule has 2 aromatic carbocycles. The van der Waals surface area contributed by atoms with Crippen LogP contribution in [0.15, 0.2) is 48.5 Å². The lowest BCUT2D eigenvalue weighted by molar-refractivity contribution is -0.159. The van der Waals surface area contributed by atoms with Gasteiger partial charge in [-0.1, -0.05) is 24.3 Å². The van der Waals surface area contributed by atoms with Gasteiger partial charge in [0, 0.05) is 48.4 Å². The minimum Gasteiger partial charge on any atom is -0.473 e. The first-order valence-corrected chi connectivity index (χ1v) is 13.5. The van der Waals surface area contributed by atoms with Crippen molar-refractivity contribution in [2.75, 3.05) is 65.0 Å². The number of benzene rings is 2. The molecule has 4 rings (SSSR count). The van der Waals surface area contributed by atoms with Gasteiger partial charge in [0.25, 0.3) is 0 Å². The summed E-state index contributed by atoms with van der Waals surface area (Å²) in [5.41, 5.74) is 3.69. The van der Waals surface area contributed by atoms with Gasteiger partial charge in [-0.2, -0.15) is 0 Å². The summed E-state index contributed by atoms with van der Waals surface area (Å²) in [4.78, 5) is 47.4. The third-order valence-corrected chi connectivity index (χ3v) is 7.23. The smallest absolute Gasteiger partial charge is 0.414 e. The van der Waals surface area contributed by atoms with E-state index in [0.29, 0.717) is 11.6 Å². The summed E-state index contributed by atoms with van der Waals surface area (Å²) in [5.74, 6) is -2.63. The first kappa shape index (κ1) is 32.5. The van der Waals surface area contributed by atoms with Crippen molar-refractivity contribution in [2.45, 2.75) is 25.7 Å². The van der Waals surface area contributed by atoms with Gasteiger partial charge in [0.1, 0.15) is 0 Å². The average molecular weight is 555 g/mol. The van der Waals surface area contributed by atoms with Crippen LogP contribution < -0.4 is 10.6 Å². The summed E-state index contributed by atoms with van der Waals surface area (Å²) in [6, 6.07) is 15.6. The average Bonchev–Trinajstić information content (AvgIpc) is 2.98. The number of nitrogens with zero attached hydrogens (tertiary/aromatic N) is 2. The molecule has 2 aliphatic heterocycles. The zero-order chi connectivity index (χ0) is 29.7. The molecule has 10 nitrogen and oxygen atoms in total. The molecule has 10 heteroatoms. The van der Waals surface area contributed by atoms with Gasteiger partial charge in [-0.3, -0.25) is 9.59 Å². The Kier molecular flexibility index (Phi) is 13.3. The highest BCUT2D eigenvalue weighted by atomic mass is 16.4. The van der Waals surface area contributed by atoms with Crippen molar-refractivity contribution >= 4 is 34.9 Å². The molecule has 40 heavy (non-hydrogen) atoms. The van der Waals surface area contributed by atoms with Gasteiger partial charge in [0.15, 0.2) is 11.6 Å². The predicted molar refractivity (Wildman–Crippen MR) is 156 cm³/mol. The van der Waals surface area contributed by atoms with Crippen LogP contribution in [0.3, 0.4) is 0 Å². The fraction of sp³-hybridized carbons (Fsp3) is 0.467. The maximum atomic E-state index is 12.3. The van der Waals surface area contributed by atoms with Crippen LogP contribution in [0.5, 0.6) is 0 Å². The zero-order valence-electron chi connectivity index (χ0n) is 23.9. The van der Waals surface area contributed by atoms with Crippen LogP contribution in [-0.4, -0.2) is 97.9 Å². The van der Waals surface area contributed by atoms with E-state index >= 15 is 0 Å². The highest BCUT2D eigenvalue weighted by molar-refractivity contribution is 6.27. The highest BCUT2D eigenvalue weighted by Crippen LogP contribution is 2.23. The van der Waals surface area contributed by atoms with Crippen LogP contribution in [0, 0.1) is 11.8 Å². The highest BCUT2D eigenvalue weighted by Gasteiger charge is 2.25. The Morgan fingerprint density at radius 3 is 1.25 bits per heavy atom. The number of carbonyl (C=O) groups excluding carboxylic acids is 2. The second-order valence-corrected chi connectivity index (χ2v) is 10.2. The molecule has 2 aromatic rings. The quantitative estimate of drug-likeness (QED) is 0.309. The second-order valence-electron chi connectivity index (χ2n) is 10.2. The predicted octanol–water partition coefficient (Wildman–Crippen LogP) is 3.66. The molecule has 0 saturated carbocycles. The van der Waals surface area contributed by atoms with Gasteiger partial charge in [-0.15, -0.1) is 0 Å². The minimum atomic E-state index is -1.82. The zero-order valence-corrected chi connectivity index (χ0v) is 23.9. The molecule has 0 bridgehead atoms. The molecule has 4 N–H and O–H groups in total. The van der Waals surface area contributed by atoms with E-state index in [0.717, 1.165) is 74.4 Å². The number of hydrogen-bond acceptors (Lipinski definition) is 8. The molecule has 2 heterocycles. The monoisotopic (exact) mass is 554 g/mol. The van der Waals surface area contributed by atoms with Crippen LogP contribution in [0.4, 0.5) is 11.4 Å². The van der Waals surface area contributed by atoms with Crippen molar-refractivity contribution in [1.29, 1.82) is 0 Å². The third-order valence-electron chi connectivity index (χ3n) is 7.23. The molecule has 0 unspecified atom stereocenters. The third kappa shape index (κ3) is 10.4. The van der Waals surface area contributed by atoms with Gasteiger partial charge in [0.05, 0.1) is 0 Å². The topological polar surface area (TPSA) is 139 Å². The fourth-order valence-corrected chi connectivity index (χ4v) is 4.67. The number of ketones is 2. The molecule has 2 aliphatic rings. The Bertz CT molecular complexity index is 1050. The van der Waals surface area contributed by atoms with E-state index in [9.17, 15) is 9.59 Å². The minimum absolute atomic E-state index is 0.207. The fourth-order valence-electron chi connectivity index (χ4n) is 4.67. The molecule has 2 fully saturated rings. The number of carboxylic acids is 2. The van der Waals surface area contributed by atoms with Crippen LogP contribution in [0.1, 0.15) is 46.4 Å². The molecule has 0 amide bonds. The summed E-state index contributed by atoms with van der Waals surface area (Å²) in [5, 5.41) is 20.9. The van der Waals surface area contributed by atoms with E-state index in [1.54, 1.807) is 0 Å². The Labute approximate surface area is 236 Å². The molecule has 2 saturated heterocycles. The lowest BCUT2D eigenvalue weighted by Crippen LogP contribution is -2.33. The van der Waals surface area contributed by atoms with Crippen LogP contribution >= 0.6 is 0 Å². The van der Waals surface area contributed by atoms with E-state index in [1.165, 1.54) is 0 Å². The summed E-state index contributed by atoms with van der Waals surface area (Å²) in [6.45, 7) is 4.12. The number of carboxylic acid groups (broad SMARTS) is 2. The summed E-state index contributed by atoms with van der Waals surface area (Å²) < 4.78 is 0. The van der Waals surface area contributed by atoms with E-state index < -0.39 is 11.9 Å². The number of Topliss-reactive ketones (excluding diaryl/α,β-unsaturated/α-hetero) is 2. The van der Waals surface area contributed by atoms with E-state index in [4.69, 9.17) is 19.8 Å². The largest absolute Gasteiger partial charge is 0.473 e. The SMILES string of the molecule is CNc1cccc(C(=O)C2CCN(C)CC2)c1.CNc1cccc(C(=O)C2CCN(C)CC2)c1.O=C(O)C(=O)O. The van der Waals surface area contributed by atoms with E-state index in [1.807, 2.05) is 62.6 Å². The standard InChI is InChI=1S/2C14H20N2O.C2H2O4/c2*1-15-13-5-3-4-12(10-13)14(17)11-6-8-16(2)9-7-11;3-1(4)2(5)6/h2*3-5,10-11,15H,6-9H2,1-2H3;(H,3,4)(H,5,6). The number of carbonyl (C=O) groups is 4. The normalized spacial score (nSPS) is 16.4. The second kappa shape index (κ2) is 16.4. The molecular weight excluding hydrogens is 512 g/mol. The Morgan fingerprint density at radius 2 is 0.975 bits per heavy atom. The Balaban J connectivity index is 0.000000234. The van der Waals surface area contributed by atoms with Crippen LogP contribution in [0.2, 0.25) is 0 Å². The van der Waals surface area contributed by atoms with Crippen molar-refractivity contribution in [3.63, 3.8) is 0 Å². The molecule has 0 aromatic heterocycles. The van der Waals surface area contributed by atoms with Crippen molar-refractivity contribution in [2.24, 2.45) is 11.8 Å². The van der Waals surface area contributed by atoms with Gasteiger partial charge in [-0.05, 0) is 90.2 Å². The number of anilines is 2. The maximum absolute atomic E-state index is 12.3. The summed E-state index contributed by atoms with van der Waals surface area (Å²) >= 11 is 0. The van der Waals surface area contributed by atoms with Gasteiger partial charge in [0.2, 0.25) is 0 Å². The number of hydrogen-bond donors (Lipinski definition) is 4. The maximum Gasteiger partial charge on any atom is 0.414 e. The first-order chi connectivity index (χ1) is 19.0. The van der Waals surface area contributed by atoms with Crippen molar-refractivity contribution in [3.05, 3.63) is 59.7 Å². The molecule has 0 spiro atoms. The first-order valence-electron chi connectivity index (χ1n) is 13.5. The van der Waals surface area contributed by atoms with Crippen LogP contribution in [-0.2, 0) is 9.59 Å². The van der Waals surface area contributed by atoms with Gasteiger partial charge >= 0.3 is 11.9 Å². The summed E-state index contributed by atoms with van der Waals surface area (Å²) in [7, 11) is 7.98. The molecule has 218 valence electrons. The molecular formula is C30H42N4O6. The summed E-state index contributed by atoms with van der Waals surface area (Å²) in [6.07, 6.45) is 3.94. The van der Waals surface area contributed by atoms with Crippen molar-refractivity contribution in [3.8, 4) is 0 Å². The Hall–Kier alpha value is -3.76. The van der Waals surface area contributed by atoms with Crippen molar-refractivity contribution < 1.29 is 29.4 Å². The van der Waals surface area contributed by atoms with E-state index in [-0.39, 0.29) is 11.8 Å². The van der Waals surface area contributed by atoms with Crippen molar-refractivity contribution in [1.82, 2.24) is 9.80 Å². The lowest BCUT2D eigenvalue weighted by atomic mass is 9.89. The number of nitrogens with one attached hydrogen (secondary N) is 2. The molecule has 0 atom stereocenters. The lowest BCUT2D eigenvalue weighted by Gasteiger charge is -2.28. The van der Waals surface area contributed by atoms with Gasteiger partial charge < -0.3 is 30.6 Å². The molecule has 0 radical (unpaired) electrons. The Morgan fingerprint density at radius 1 is 0.650 bits per heavy atom. The van der Waals surface area contributed by atoms with Crippen LogP contribution in [0.25, 0.3) is 0 Å². The number of likely N-dealkylation sites (tertiary alicyclic amines) is 2.